The van der Waals surface area contributed by atoms with E-state index in [1.807, 2.05) is 24.3 Å². The van der Waals surface area contributed by atoms with Gasteiger partial charge < -0.3 is 15.0 Å². The summed E-state index contributed by atoms with van der Waals surface area (Å²) in [6.45, 7) is 4.34. The van der Waals surface area contributed by atoms with Gasteiger partial charge in [-0.05, 0) is 24.6 Å². The van der Waals surface area contributed by atoms with Crippen LogP contribution in [0, 0.1) is 0 Å². The van der Waals surface area contributed by atoms with E-state index in [4.69, 9.17) is 27.9 Å². The van der Waals surface area contributed by atoms with Crippen molar-refractivity contribution in [3.63, 3.8) is 0 Å². The lowest BCUT2D eigenvalue weighted by molar-refractivity contribution is -0.126. The van der Waals surface area contributed by atoms with Crippen molar-refractivity contribution < 1.29 is 14.3 Å². The van der Waals surface area contributed by atoms with Crippen LogP contribution in [0.3, 0.4) is 0 Å². The predicted molar refractivity (Wildman–Crippen MR) is 111 cm³/mol. The Balaban J connectivity index is 1.97. The first kappa shape index (κ1) is 20.5. The average Bonchev–Trinajstić information content (AvgIpc) is 2.93. The molecule has 1 atom stereocenters. The van der Waals surface area contributed by atoms with Crippen molar-refractivity contribution in [3.05, 3.63) is 57.6 Å². The van der Waals surface area contributed by atoms with Crippen LogP contribution in [0.25, 0.3) is 0 Å². The topological polar surface area (TPSA) is 58.6 Å². The summed E-state index contributed by atoms with van der Waals surface area (Å²) >= 11 is 12.8. The molecule has 1 heterocycles. The Hall–Kier alpha value is -2.24. The molecule has 0 radical (unpaired) electrons. The highest BCUT2D eigenvalue weighted by molar-refractivity contribution is 6.38. The fourth-order valence-electron chi connectivity index (χ4n) is 3.26. The predicted octanol–water partition coefficient (Wildman–Crippen LogP) is 4.90. The van der Waals surface area contributed by atoms with Gasteiger partial charge in [0.1, 0.15) is 11.8 Å². The summed E-state index contributed by atoms with van der Waals surface area (Å²) in [5, 5.41) is 3.48. The van der Waals surface area contributed by atoms with Crippen LogP contribution in [0.15, 0.2) is 36.4 Å². The van der Waals surface area contributed by atoms with Gasteiger partial charge in [0.2, 0.25) is 5.91 Å². The molecule has 2 aromatic carbocycles. The normalized spacial score (nSPS) is 15.5. The number of ether oxygens (including phenoxy) is 1. The SMILES string of the molecule is CCCCOc1ccccc1CN1C(=O)C(NC(C)=O)c2c(Cl)ccc(Cl)c21. The third kappa shape index (κ3) is 4.10. The lowest BCUT2D eigenvalue weighted by Crippen LogP contribution is -2.36. The van der Waals surface area contributed by atoms with Crippen molar-refractivity contribution in [1.82, 2.24) is 5.32 Å². The molecule has 0 spiro atoms. The Labute approximate surface area is 174 Å². The third-order valence-electron chi connectivity index (χ3n) is 4.59. The van der Waals surface area contributed by atoms with E-state index in [1.54, 1.807) is 17.0 Å². The van der Waals surface area contributed by atoms with Crippen LogP contribution in [0.4, 0.5) is 5.69 Å². The number of halogens is 2. The molecule has 148 valence electrons. The number of amides is 2. The maximum absolute atomic E-state index is 13.1. The molecule has 0 saturated heterocycles. The largest absolute Gasteiger partial charge is 0.493 e. The van der Waals surface area contributed by atoms with Crippen LogP contribution < -0.4 is 15.0 Å². The maximum Gasteiger partial charge on any atom is 0.254 e. The molecule has 0 aliphatic carbocycles. The second kappa shape index (κ2) is 8.84. The van der Waals surface area contributed by atoms with Crippen LogP contribution in [-0.2, 0) is 16.1 Å². The molecule has 1 aliphatic rings. The van der Waals surface area contributed by atoms with Crippen LogP contribution in [0.2, 0.25) is 10.0 Å². The van der Waals surface area contributed by atoms with Gasteiger partial charge in [-0.3, -0.25) is 9.59 Å². The Morgan fingerprint density at radius 3 is 2.61 bits per heavy atom. The van der Waals surface area contributed by atoms with E-state index in [1.165, 1.54) is 6.92 Å². The van der Waals surface area contributed by atoms with Gasteiger partial charge in [0.05, 0.1) is 23.9 Å². The van der Waals surface area contributed by atoms with E-state index in [0.29, 0.717) is 27.9 Å². The highest BCUT2D eigenvalue weighted by atomic mass is 35.5. The molecule has 0 aromatic heterocycles. The quantitative estimate of drug-likeness (QED) is 0.648. The number of carbonyl (C=O) groups is 2. The second-order valence-electron chi connectivity index (χ2n) is 6.66. The average molecular weight is 421 g/mol. The number of nitrogens with zero attached hydrogens (tertiary/aromatic N) is 1. The molecule has 0 bridgehead atoms. The van der Waals surface area contributed by atoms with Crippen LogP contribution in [0.5, 0.6) is 5.75 Å². The second-order valence-corrected chi connectivity index (χ2v) is 7.47. The van der Waals surface area contributed by atoms with Crippen molar-refractivity contribution >= 4 is 40.7 Å². The standard InChI is InChI=1S/C21H22Cl2N2O3/c1-3-4-11-28-17-8-6-5-7-14(17)12-25-20-16(23)10-9-15(22)18(20)19(21(25)27)24-13(2)26/h5-10,19H,3-4,11-12H2,1-2H3,(H,24,26). The Morgan fingerprint density at radius 2 is 1.89 bits per heavy atom. The number of anilines is 1. The number of hydrogen-bond donors (Lipinski definition) is 1. The number of carbonyl (C=O) groups excluding carboxylic acids is 2. The first-order valence-electron chi connectivity index (χ1n) is 9.21. The molecule has 1 N–H and O–H groups in total. The molecule has 3 rings (SSSR count). The molecule has 0 saturated carbocycles. The van der Waals surface area contributed by atoms with Gasteiger partial charge in [0.15, 0.2) is 0 Å². The van der Waals surface area contributed by atoms with Crippen LogP contribution in [0.1, 0.15) is 43.9 Å². The summed E-state index contributed by atoms with van der Waals surface area (Å²) in [7, 11) is 0. The summed E-state index contributed by atoms with van der Waals surface area (Å²) in [5.41, 5.74) is 1.91. The summed E-state index contributed by atoms with van der Waals surface area (Å²) in [4.78, 5) is 26.3. The summed E-state index contributed by atoms with van der Waals surface area (Å²) in [5.74, 6) is 0.139. The van der Waals surface area contributed by atoms with Gasteiger partial charge >= 0.3 is 0 Å². The summed E-state index contributed by atoms with van der Waals surface area (Å²) < 4.78 is 5.89. The zero-order valence-corrected chi connectivity index (χ0v) is 17.3. The molecule has 2 amide bonds. The number of para-hydroxylation sites is 1. The molecule has 28 heavy (non-hydrogen) atoms. The minimum atomic E-state index is -0.855. The minimum Gasteiger partial charge on any atom is -0.493 e. The van der Waals surface area contributed by atoms with Gasteiger partial charge in [-0.15, -0.1) is 0 Å². The number of benzene rings is 2. The van der Waals surface area contributed by atoms with E-state index in [2.05, 4.69) is 12.2 Å². The van der Waals surface area contributed by atoms with E-state index < -0.39 is 6.04 Å². The smallest absolute Gasteiger partial charge is 0.254 e. The maximum atomic E-state index is 13.1. The van der Waals surface area contributed by atoms with E-state index in [9.17, 15) is 9.59 Å². The van der Waals surface area contributed by atoms with Crippen molar-refractivity contribution in [2.45, 2.75) is 39.3 Å². The van der Waals surface area contributed by atoms with Crippen LogP contribution >= 0.6 is 23.2 Å². The molecule has 0 fully saturated rings. The minimum absolute atomic E-state index is 0.268. The number of nitrogens with one attached hydrogen (secondary N) is 1. The highest BCUT2D eigenvalue weighted by Crippen LogP contribution is 2.45. The van der Waals surface area contributed by atoms with Crippen molar-refractivity contribution in [3.8, 4) is 5.75 Å². The molecule has 1 aliphatic heterocycles. The van der Waals surface area contributed by atoms with Crippen molar-refractivity contribution in [2.24, 2.45) is 0 Å². The van der Waals surface area contributed by atoms with Crippen molar-refractivity contribution in [1.29, 1.82) is 0 Å². The lowest BCUT2D eigenvalue weighted by Gasteiger charge is -2.21. The van der Waals surface area contributed by atoms with Gasteiger partial charge in [0.25, 0.3) is 5.91 Å². The Morgan fingerprint density at radius 1 is 1.18 bits per heavy atom. The van der Waals surface area contributed by atoms with Crippen LogP contribution in [-0.4, -0.2) is 18.4 Å². The lowest BCUT2D eigenvalue weighted by atomic mass is 10.1. The van der Waals surface area contributed by atoms with Gasteiger partial charge in [0, 0.05) is 23.1 Å². The summed E-state index contributed by atoms with van der Waals surface area (Å²) in [6.07, 6.45) is 1.98. The van der Waals surface area contributed by atoms with Gasteiger partial charge in [-0.25, -0.2) is 0 Å². The van der Waals surface area contributed by atoms with Crippen molar-refractivity contribution in [2.75, 3.05) is 11.5 Å². The number of unbranched alkanes of at least 4 members (excludes halogenated alkanes) is 1. The van der Waals surface area contributed by atoms with E-state index >= 15 is 0 Å². The number of hydrogen-bond acceptors (Lipinski definition) is 3. The number of rotatable bonds is 7. The molecular weight excluding hydrogens is 399 g/mol. The fraction of sp³-hybridized carbons (Fsp3) is 0.333. The first-order valence-corrected chi connectivity index (χ1v) is 9.96. The third-order valence-corrected chi connectivity index (χ3v) is 5.22. The monoisotopic (exact) mass is 420 g/mol. The van der Waals surface area contributed by atoms with Gasteiger partial charge in [-0.2, -0.15) is 0 Å². The summed E-state index contributed by atoms with van der Waals surface area (Å²) in [6, 6.07) is 10.0. The number of fused-ring (bicyclic) bond motifs is 1. The Kier molecular flexibility index (Phi) is 6.47. The molecule has 2 aromatic rings. The molecular formula is C21H22Cl2N2O3. The zero-order chi connectivity index (χ0) is 20.3. The molecule has 5 nitrogen and oxygen atoms in total. The molecule has 7 heteroatoms. The zero-order valence-electron chi connectivity index (χ0n) is 15.8. The molecule has 1 unspecified atom stereocenters. The van der Waals surface area contributed by atoms with Gasteiger partial charge in [-0.1, -0.05) is 54.7 Å². The van der Waals surface area contributed by atoms with E-state index in [0.717, 1.165) is 24.2 Å². The fourth-order valence-corrected chi connectivity index (χ4v) is 3.79. The highest BCUT2D eigenvalue weighted by Gasteiger charge is 2.41. The first-order chi connectivity index (χ1) is 13.4. The van der Waals surface area contributed by atoms with E-state index in [-0.39, 0.29) is 18.4 Å². The Bertz CT molecular complexity index is 901.